The Morgan fingerprint density at radius 2 is 1.89 bits per heavy atom. The molecular formula is C18H25N7O2S. The lowest BCUT2D eigenvalue weighted by Gasteiger charge is -2.36. The fourth-order valence-electron chi connectivity index (χ4n) is 3.55. The molecule has 1 amide bonds. The molecule has 150 valence electrons. The van der Waals surface area contributed by atoms with Crippen LogP contribution < -0.4 is 9.80 Å². The van der Waals surface area contributed by atoms with E-state index in [1.54, 1.807) is 6.20 Å². The summed E-state index contributed by atoms with van der Waals surface area (Å²) in [6.07, 6.45) is 3.55. The molecule has 0 atom stereocenters. The van der Waals surface area contributed by atoms with Crippen molar-refractivity contribution in [3.8, 4) is 0 Å². The van der Waals surface area contributed by atoms with Crippen LogP contribution in [0, 0.1) is 0 Å². The summed E-state index contributed by atoms with van der Waals surface area (Å²) < 4.78 is 9.39. The number of carbonyl (C=O) groups excluding carboxylic acids is 1. The van der Waals surface area contributed by atoms with E-state index in [9.17, 15) is 4.79 Å². The van der Waals surface area contributed by atoms with Crippen molar-refractivity contribution < 1.29 is 9.53 Å². The maximum atomic E-state index is 12.9. The molecule has 0 radical (unpaired) electrons. The Kier molecular flexibility index (Phi) is 5.96. The van der Waals surface area contributed by atoms with Crippen LogP contribution in [0.4, 0.5) is 11.5 Å². The predicted octanol–water partition coefficient (Wildman–Crippen LogP) is 1.08. The van der Waals surface area contributed by atoms with Gasteiger partial charge in [-0.15, -0.1) is 10.2 Å². The number of aromatic nitrogens is 4. The Hall–Kier alpha value is -2.33. The van der Waals surface area contributed by atoms with E-state index in [1.807, 2.05) is 4.90 Å². The molecule has 4 rings (SSSR count). The van der Waals surface area contributed by atoms with Crippen molar-refractivity contribution in [1.29, 1.82) is 0 Å². The quantitative estimate of drug-likeness (QED) is 0.733. The number of anilines is 2. The largest absolute Gasteiger partial charge is 0.378 e. The van der Waals surface area contributed by atoms with Crippen molar-refractivity contribution in [3.05, 3.63) is 22.8 Å². The van der Waals surface area contributed by atoms with Crippen molar-refractivity contribution in [2.75, 3.05) is 62.3 Å². The molecular weight excluding hydrogens is 378 g/mol. The van der Waals surface area contributed by atoms with Crippen LogP contribution in [0.25, 0.3) is 0 Å². The van der Waals surface area contributed by atoms with Crippen LogP contribution in [-0.2, 0) is 11.2 Å². The van der Waals surface area contributed by atoms with Crippen molar-refractivity contribution >= 4 is 28.9 Å². The van der Waals surface area contributed by atoms with Gasteiger partial charge in [-0.3, -0.25) is 4.79 Å². The second-order valence-corrected chi connectivity index (χ2v) is 7.70. The molecule has 0 aromatic carbocycles. The lowest BCUT2D eigenvalue weighted by molar-refractivity contribution is 0.0750. The molecule has 2 saturated heterocycles. The fraction of sp³-hybridized carbons (Fsp3) is 0.611. The maximum absolute atomic E-state index is 12.9. The molecule has 2 aliphatic rings. The lowest BCUT2D eigenvalue weighted by atomic mass is 10.2. The van der Waals surface area contributed by atoms with Crippen LogP contribution >= 0.6 is 11.5 Å². The third kappa shape index (κ3) is 4.07. The zero-order valence-corrected chi connectivity index (χ0v) is 16.9. The summed E-state index contributed by atoms with van der Waals surface area (Å²) in [6, 6.07) is 2.09. The van der Waals surface area contributed by atoms with Crippen LogP contribution in [0.15, 0.2) is 12.3 Å². The fourth-order valence-corrected chi connectivity index (χ4v) is 4.22. The molecule has 0 N–H and O–H groups in total. The van der Waals surface area contributed by atoms with Crippen LogP contribution in [0.5, 0.6) is 0 Å². The minimum atomic E-state index is 0.0555. The number of morpholine rings is 1. The Labute approximate surface area is 168 Å². The van der Waals surface area contributed by atoms with Gasteiger partial charge in [0, 0.05) is 45.3 Å². The average Bonchev–Trinajstić information content (AvgIpc) is 3.23. The standard InChI is InChI=1S/C18H25N7O2S/c1-2-3-15-17(28-22-20-15)18(26)25-6-4-23(5-7-25)14-12-16(21-19-13-14)24-8-10-27-11-9-24/h12-13H,2-11H2,1H3. The van der Waals surface area contributed by atoms with Gasteiger partial charge in [0.05, 0.1) is 30.8 Å². The van der Waals surface area contributed by atoms with Gasteiger partial charge in [0.1, 0.15) is 4.88 Å². The first-order chi connectivity index (χ1) is 13.8. The van der Waals surface area contributed by atoms with Crippen LogP contribution in [0.2, 0.25) is 0 Å². The van der Waals surface area contributed by atoms with E-state index in [0.29, 0.717) is 18.0 Å². The molecule has 0 bridgehead atoms. The SMILES string of the molecule is CCCc1nnsc1C(=O)N1CCN(c2cnnc(N3CCOCC3)c2)CC1. The Bertz CT molecular complexity index is 801. The first-order valence-corrected chi connectivity index (χ1v) is 10.5. The molecule has 2 aliphatic heterocycles. The zero-order valence-electron chi connectivity index (χ0n) is 16.1. The summed E-state index contributed by atoms with van der Waals surface area (Å²) >= 11 is 1.21. The molecule has 28 heavy (non-hydrogen) atoms. The number of nitrogens with zero attached hydrogens (tertiary/aromatic N) is 7. The van der Waals surface area contributed by atoms with Crippen molar-refractivity contribution in [3.63, 3.8) is 0 Å². The summed E-state index contributed by atoms with van der Waals surface area (Å²) in [7, 11) is 0. The molecule has 0 spiro atoms. The highest BCUT2D eigenvalue weighted by molar-refractivity contribution is 7.08. The van der Waals surface area contributed by atoms with Gasteiger partial charge in [-0.2, -0.15) is 5.10 Å². The highest BCUT2D eigenvalue weighted by Crippen LogP contribution is 2.22. The van der Waals surface area contributed by atoms with Gasteiger partial charge in [-0.05, 0) is 18.0 Å². The monoisotopic (exact) mass is 403 g/mol. The Morgan fingerprint density at radius 1 is 1.11 bits per heavy atom. The number of ether oxygens (including phenoxy) is 1. The molecule has 0 unspecified atom stereocenters. The molecule has 10 heteroatoms. The third-order valence-corrected chi connectivity index (χ3v) is 5.89. The number of carbonyl (C=O) groups is 1. The number of hydrogen-bond donors (Lipinski definition) is 0. The predicted molar refractivity (Wildman–Crippen MR) is 107 cm³/mol. The summed E-state index contributed by atoms with van der Waals surface area (Å²) in [5, 5.41) is 12.6. The van der Waals surface area contributed by atoms with Gasteiger partial charge in [-0.25, -0.2) is 0 Å². The first kappa shape index (κ1) is 19.0. The minimum absolute atomic E-state index is 0.0555. The smallest absolute Gasteiger partial charge is 0.267 e. The third-order valence-electron chi connectivity index (χ3n) is 5.13. The van der Waals surface area contributed by atoms with E-state index in [0.717, 1.165) is 69.4 Å². The van der Waals surface area contributed by atoms with Crippen LogP contribution in [0.1, 0.15) is 28.7 Å². The molecule has 0 aliphatic carbocycles. The van der Waals surface area contributed by atoms with Gasteiger partial charge >= 0.3 is 0 Å². The average molecular weight is 404 g/mol. The van der Waals surface area contributed by atoms with E-state index in [1.165, 1.54) is 11.5 Å². The van der Waals surface area contributed by atoms with Crippen LogP contribution in [-0.4, -0.2) is 83.1 Å². The van der Waals surface area contributed by atoms with Crippen molar-refractivity contribution in [2.24, 2.45) is 0 Å². The number of rotatable bonds is 5. The van der Waals surface area contributed by atoms with Gasteiger partial charge in [-0.1, -0.05) is 17.8 Å². The second-order valence-electron chi connectivity index (χ2n) is 6.95. The minimum Gasteiger partial charge on any atom is -0.378 e. The summed E-state index contributed by atoms with van der Waals surface area (Å²) in [4.78, 5) is 19.9. The maximum Gasteiger partial charge on any atom is 0.267 e. The van der Waals surface area contributed by atoms with E-state index in [2.05, 4.69) is 42.6 Å². The highest BCUT2D eigenvalue weighted by atomic mass is 32.1. The molecule has 9 nitrogen and oxygen atoms in total. The van der Waals surface area contributed by atoms with Gasteiger partial charge in [0.15, 0.2) is 5.82 Å². The number of hydrogen-bond acceptors (Lipinski definition) is 9. The van der Waals surface area contributed by atoms with Gasteiger partial charge in [0.25, 0.3) is 5.91 Å². The van der Waals surface area contributed by atoms with Crippen molar-refractivity contribution in [2.45, 2.75) is 19.8 Å². The molecule has 4 heterocycles. The van der Waals surface area contributed by atoms with Gasteiger partial charge in [0.2, 0.25) is 0 Å². The number of aryl methyl sites for hydroxylation is 1. The molecule has 2 aromatic heterocycles. The summed E-state index contributed by atoms with van der Waals surface area (Å²) in [5.41, 5.74) is 1.88. The first-order valence-electron chi connectivity index (χ1n) is 9.77. The van der Waals surface area contributed by atoms with E-state index in [4.69, 9.17) is 4.74 Å². The number of piperazine rings is 1. The molecule has 0 saturated carbocycles. The molecule has 2 fully saturated rings. The second kappa shape index (κ2) is 8.78. The summed E-state index contributed by atoms with van der Waals surface area (Å²) in [5.74, 6) is 0.944. The highest BCUT2D eigenvalue weighted by Gasteiger charge is 2.26. The topological polar surface area (TPSA) is 87.6 Å². The van der Waals surface area contributed by atoms with Gasteiger partial charge < -0.3 is 19.4 Å². The van der Waals surface area contributed by atoms with E-state index >= 15 is 0 Å². The van der Waals surface area contributed by atoms with Crippen LogP contribution in [0.3, 0.4) is 0 Å². The zero-order chi connectivity index (χ0) is 19.3. The number of amides is 1. The lowest BCUT2D eigenvalue weighted by Crippen LogP contribution is -2.49. The Balaban J connectivity index is 1.39. The van der Waals surface area contributed by atoms with E-state index in [-0.39, 0.29) is 5.91 Å². The summed E-state index contributed by atoms with van der Waals surface area (Å²) in [6.45, 7) is 8.10. The normalized spacial score (nSPS) is 17.8. The Morgan fingerprint density at radius 3 is 2.64 bits per heavy atom. The van der Waals surface area contributed by atoms with Crippen molar-refractivity contribution in [1.82, 2.24) is 24.7 Å². The van der Waals surface area contributed by atoms with E-state index < -0.39 is 0 Å². The molecule has 2 aromatic rings.